The van der Waals surface area contributed by atoms with Gasteiger partial charge in [0.15, 0.2) is 5.82 Å². The molecule has 0 unspecified atom stereocenters. The van der Waals surface area contributed by atoms with Gasteiger partial charge in [-0.3, -0.25) is 14.4 Å². The van der Waals surface area contributed by atoms with Gasteiger partial charge in [-0.15, -0.1) is 10.2 Å². The van der Waals surface area contributed by atoms with Crippen LogP contribution in [-0.2, 0) is 9.53 Å². The number of carbonyl (C=O) groups excluding carboxylic acids is 1. The quantitative estimate of drug-likeness (QED) is 0.334. The predicted molar refractivity (Wildman–Crippen MR) is 128 cm³/mol. The number of ether oxygens (including phenoxy) is 2. The summed E-state index contributed by atoms with van der Waals surface area (Å²) < 4.78 is 13.0. The first-order valence-corrected chi connectivity index (χ1v) is 11.6. The molecule has 1 aliphatic rings. The second-order valence-corrected chi connectivity index (χ2v) is 8.22. The first kappa shape index (κ1) is 23.0. The topological polar surface area (TPSA) is 78.6 Å². The van der Waals surface area contributed by atoms with Gasteiger partial charge in [0, 0.05) is 22.6 Å². The molecule has 33 heavy (non-hydrogen) atoms. The molecule has 0 aliphatic carbocycles. The van der Waals surface area contributed by atoms with E-state index >= 15 is 0 Å². The van der Waals surface area contributed by atoms with Gasteiger partial charge in [0.05, 0.1) is 24.6 Å². The number of aryl methyl sites for hydroxylation is 1. The van der Waals surface area contributed by atoms with Gasteiger partial charge >= 0.3 is 5.97 Å². The van der Waals surface area contributed by atoms with E-state index in [1.54, 1.807) is 6.92 Å². The molecule has 0 saturated carbocycles. The molecule has 0 fully saturated rings. The number of aliphatic imine (C=N–C) groups is 1. The molecule has 4 rings (SSSR count). The Hall–Kier alpha value is -3.19. The standard InChI is InChI=1S/C25H27ClN4O3/c1-4-21-25-29-28-16(3)30(25)22-13-12-19(33-14-6-7-23(31)32-5-2)15-20(22)24(27-21)17-8-10-18(26)11-9-17/h8-13,15,21H,4-7,14H2,1-3H3/t21-/m0/s1. The fraction of sp³-hybridized carbons (Fsp3) is 0.360. The van der Waals surface area contributed by atoms with E-state index in [9.17, 15) is 4.79 Å². The maximum Gasteiger partial charge on any atom is 0.305 e. The van der Waals surface area contributed by atoms with Gasteiger partial charge in [0.2, 0.25) is 0 Å². The molecule has 2 heterocycles. The fourth-order valence-corrected chi connectivity index (χ4v) is 4.04. The number of halogens is 1. The molecule has 0 saturated heterocycles. The average molecular weight is 467 g/mol. The third-order valence-corrected chi connectivity index (χ3v) is 5.75. The zero-order valence-electron chi connectivity index (χ0n) is 19.0. The van der Waals surface area contributed by atoms with E-state index in [2.05, 4.69) is 21.7 Å². The van der Waals surface area contributed by atoms with Gasteiger partial charge < -0.3 is 9.47 Å². The highest BCUT2D eigenvalue weighted by molar-refractivity contribution is 6.30. The van der Waals surface area contributed by atoms with Gasteiger partial charge in [-0.25, -0.2) is 0 Å². The van der Waals surface area contributed by atoms with Crippen molar-refractivity contribution in [3.63, 3.8) is 0 Å². The molecule has 8 heteroatoms. The van der Waals surface area contributed by atoms with Gasteiger partial charge in [0.25, 0.3) is 0 Å². The van der Waals surface area contributed by atoms with Crippen molar-refractivity contribution < 1.29 is 14.3 Å². The van der Waals surface area contributed by atoms with E-state index in [1.165, 1.54) is 0 Å². The Labute approximate surface area is 198 Å². The van der Waals surface area contributed by atoms with Crippen molar-refractivity contribution in [2.75, 3.05) is 13.2 Å². The SMILES string of the molecule is CCOC(=O)CCCOc1ccc2c(c1)C(c1ccc(Cl)cc1)=N[C@@H](CC)c1nnc(C)n1-2. The molecule has 0 N–H and O–H groups in total. The summed E-state index contributed by atoms with van der Waals surface area (Å²) >= 11 is 6.14. The van der Waals surface area contributed by atoms with Crippen molar-refractivity contribution in [1.29, 1.82) is 0 Å². The Morgan fingerprint density at radius 3 is 2.64 bits per heavy atom. The number of aromatic nitrogens is 3. The van der Waals surface area contributed by atoms with Gasteiger partial charge in [0.1, 0.15) is 17.6 Å². The molecule has 2 aromatic carbocycles. The van der Waals surface area contributed by atoms with E-state index < -0.39 is 0 Å². The van der Waals surface area contributed by atoms with Crippen LogP contribution in [0.25, 0.3) is 5.69 Å². The third kappa shape index (κ3) is 4.93. The monoisotopic (exact) mass is 466 g/mol. The van der Waals surface area contributed by atoms with E-state index in [-0.39, 0.29) is 12.0 Å². The van der Waals surface area contributed by atoms with Crippen LogP contribution in [0, 0.1) is 6.92 Å². The second kappa shape index (κ2) is 10.2. The number of fused-ring (bicyclic) bond motifs is 3. The van der Waals surface area contributed by atoms with Crippen molar-refractivity contribution in [1.82, 2.24) is 14.8 Å². The van der Waals surface area contributed by atoms with Crippen molar-refractivity contribution in [2.24, 2.45) is 4.99 Å². The Morgan fingerprint density at radius 1 is 1.12 bits per heavy atom. The van der Waals surface area contributed by atoms with Crippen molar-refractivity contribution in [3.8, 4) is 11.4 Å². The molecule has 0 amide bonds. The Bertz CT molecular complexity index is 1170. The minimum Gasteiger partial charge on any atom is -0.494 e. The summed E-state index contributed by atoms with van der Waals surface area (Å²) in [7, 11) is 0. The first-order valence-electron chi connectivity index (χ1n) is 11.2. The Balaban J connectivity index is 1.71. The van der Waals surface area contributed by atoms with Crippen LogP contribution in [0.15, 0.2) is 47.5 Å². The molecular weight excluding hydrogens is 440 g/mol. The fourth-order valence-electron chi connectivity index (χ4n) is 3.92. The van der Waals surface area contributed by atoms with Gasteiger partial charge in [-0.05, 0) is 57.0 Å². The number of hydrogen-bond acceptors (Lipinski definition) is 6. The molecule has 7 nitrogen and oxygen atoms in total. The third-order valence-electron chi connectivity index (χ3n) is 5.50. The highest BCUT2D eigenvalue weighted by Crippen LogP contribution is 2.34. The number of hydrogen-bond donors (Lipinski definition) is 0. The minimum absolute atomic E-state index is 0.127. The van der Waals surface area contributed by atoms with Gasteiger partial charge in [-0.2, -0.15) is 0 Å². The summed E-state index contributed by atoms with van der Waals surface area (Å²) in [6, 6.07) is 13.5. The number of carbonyl (C=O) groups is 1. The van der Waals surface area contributed by atoms with E-state index in [0.717, 1.165) is 40.6 Å². The lowest BCUT2D eigenvalue weighted by Crippen LogP contribution is -2.10. The van der Waals surface area contributed by atoms with Crippen LogP contribution in [0.2, 0.25) is 5.02 Å². The van der Waals surface area contributed by atoms with Crippen LogP contribution in [0.5, 0.6) is 5.75 Å². The zero-order chi connectivity index (χ0) is 23.4. The number of benzene rings is 2. The van der Waals surface area contributed by atoms with Crippen LogP contribution in [0.4, 0.5) is 0 Å². The average Bonchev–Trinajstić information content (AvgIpc) is 3.12. The molecule has 0 bridgehead atoms. The first-order chi connectivity index (χ1) is 16.0. The van der Waals surface area contributed by atoms with E-state index in [4.69, 9.17) is 26.1 Å². The summed E-state index contributed by atoms with van der Waals surface area (Å²) in [5.74, 6) is 2.13. The van der Waals surface area contributed by atoms with Crippen molar-refractivity contribution in [2.45, 2.75) is 46.1 Å². The molecule has 172 valence electrons. The highest BCUT2D eigenvalue weighted by atomic mass is 35.5. The maximum atomic E-state index is 11.6. The van der Waals surface area contributed by atoms with Crippen molar-refractivity contribution in [3.05, 3.63) is 70.3 Å². The number of nitrogens with zero attached hydrogens (tertiary/aromatic N) is 4. The van der Waals surface area contributed by atoms with Gasteiger partial charge in [-0.1, -0.05) is 30.7 Å². The number of esters is 1. The largest absolute Gasteiger partial charge is 0.494 e. The lowest BCUT2D eigenvalue weighted by Gasteiger charge is -2.15. The van der Waals surface area contributed by atoms with Crippen LogP contribution in [-0.4, -0.2) is 39.7 Å². The van der Waals surface area contributed by atoms with Crippen molar-refractivity contribution >= 4 is 23.3 Å². The molecule has 3 aromatic rings. The number of rotatable bonds is 8. The molecule has 1 aliphatic heterocycles. The van der Waals surface area contributed by atoms with Crippen LogP contribution in [0.3, 0.4) is 0 Å². The second-order valence-electron chi connectivity index (χ2n) is 7.79. The summed E-state index contributed by atoms with van der Waals surface area (Å²) in [4.78, 5) is 16.7. The molecule has 0 radical (unpaired) electrons. The summed E-state index contributed by atoms with van der Waals surface area (Å²) in [6.07, 6.45) is 1.71. The molecule has 1 aromatic heterocycles. The maximum absolute atomic E-state index is 11.6. The molecule has 1 atom stereocenters. The highest BCUT2D eigenvalue weighted by Gasteiger charge is 2.27. The summed E-state index contributed by atoms with van der Waals surface area (Å²) in [6.45, 7) is 6.65. The molecular formula is C25H27ClN4O3. The Morgan fingerprint density at radius 2 is 1.91 bits per heavy atom. The van der Waals surface area contributed by atoms with Crippen LogP contribution < -0.4 is 4.74 Å². The summed E-state index contributed by atoms with van der Waals surface area (Å²) in [5.41, 5.74) is 3.71. The minimum atomic E-state index is -0.207. The zero-order valence-corrected chi connectivity index (χ0v) is 19.8. The lowest BCUT2D eigenvalue weighted by atomic mass is 10.00. The molecule has 0 spiro atoms. The van der Waals surface area contributed by atoms with E-state index in [0.29, 0.717) is 36.8 Å². The smallest absolute Gasteiger partial charge is 0.305 e. The Kier molecular flexibility index (Phi) is 7.08. The van der Waals surface area contributed by atoms with Crippen LogP contribution in [0.1, 0.15) is 61.9 Å². The lowest BCUT2D eigenvalue weighted by molar-refractivity contribution is -0.143. The predicted octanol–water partition coefficient (Wildman–Crippen LogP) is 5.25. The summed E-state index contributed by atoms with van der Waals surface area (Å²) in [5, 5.41) is 9.42. The normalized spacial score (nSPS) is 14.7. The van der Waals surface area contributed by atoms with E-state index in [1.807, 2.05) is 49.4 Å². The van der Waals surface area contributed by atoms with Crippen LogP contribution >= 0.6 is 11.6 Å².